The number of halogens is 1. The quantitative estimate of drug-likeness (QED) is 0.926. The molecule has 0 saturated heterocycles. The van der Waals surface area contributed by atoms with Crippen LogP contribution in [0.4, 0.5) is 0 Å². The normalized spacial score (nSPS) is 10.5. The number of hydrogen-bond donors (Lipinski definition) is 1. The lowest BCUT2D eigenvalue weighted by atomic mass is 10.2. The lowest BCUT2D eigenvalue weighted by molar-refractivity contribution is 0.0955. The molecule has 0 aliphatic heterocycles. The summed E-state index contributed by atoms with van der Waals surface area (Å²) in [7, 11) is 0. The van der Waals surface area contributed by atoms with Crippen LogP contribution >= 0.6 is 22.9 Å². The molecule has 1 N–H and O–H groups in total. The standard InChI is InChI=1S/C12H12ClNO2S/c1-7-5-9(8(2)16-7)6-14-12(15)10-3-4-11(13)17-10/h3-5H,6H2,1-2H3,(H,14,15). The van der Waals surface area contributed by atoms with E-state index in [9.17, 15) is 4.79 Å². The van der Waals surface area contributed by atoms with Gasteiger partial charge in [-0.05, 0) is 32.0 Å². The molecular weight excluding hydrogens is 258 g/mol. The number of aryl methyl sites for hydroxylation is 2. The van der Waals surface area contributed by atoms with Crippen LogP contribution in [0, 0.1) is 13.8 Å². The molecule has 0 aliphatic rings. The number of carbonyl (C=O) groups is 1. The molecule has 0 unspecified atom stereocenters. The van der Waals surface area contributed by atoms with Crippen molar-refractivity contribution in [2.45, 2.75) is 20.4 Å². The highest BCUT2D eigenvalue weighted by molar-refractivity contribution is 7.17. The van der Waals surface area contributed by atoms with E-state index in [2.05, 4.69) is 5.32 Å². The van der Waals surface area contributed by atoms with Crippen LogP contribution < -0.4 is 5.32 Å². The molecule has 0 aromatic carbocycles. The predicted molar refractivity (Wildman–Crippen MR) is 68.7 cm³/mol. The van der Waals surface area contributed by atoms with E-state index in [1.807, 2.05) is 19.9 Å². The summed E-state index contributed by atoms with van der Waals surface area (Å²) in [6.45, 7) is 4.24. The number of nitrogens with one attached hydrogen (secondary N) is 1. The van der Waals surface area contributed by atoms with Gasteiger partial charge in [0, 0.05) is 12.1 Å². The highest BCUT2D eigenvalue weighted by atomic mass is 35.5. The summed E-state index contributed by atoms with van der Waals surface area (Å²) in [5.41, 5.74) is 0.999. The van der Waals surface area contributed by atoms with Crippen LogP contribution in [-0.4, -0.2) is 5.91 Å². The van der Waals surface area contributed by atoms with Crippen LogP contribution in [-0.2, 0) is 6.54 Å². The average molecular weight is 270 g/mol. The largest absolute Gasteiger partial charge is 0.466 e. The van der Waals surface area contributed by atoms with Gasteiger partial charge < -0.3 is 9.73 Å². The van der Waals surface area contributed by atoms with Crippen molar-refractivity contribution in [2.24, 2.45) is 0 Å². The van der Waals surface area contributed by atoms with Gasteiger partial charge in [-0.2, -0.15) is 0 Å². The molecule has 0 spiro atoms. The van der Waals surface area contributed by atoms with Crippen molar-refractivity contribution >= 4 is 28.8 Å². The molecule has 0 radical (unpaired) electrons. The van der Waals surface area contributed by atoms with E-state index in [0.29, 0.717) is 15.8 Å². The maximum absolute atomic E-state index is 11.8. The van der Waals surface area contributed by atoms with E-state index < -0.39 is 0 Å². The molecule has 0 bridgehead atoms. The Bertz CT molecular complexity index is 544. The van der Waals surface area contributed by atoms with E-state index in [1.165, 1.54) is 11.3 Å². The number of rotatable bonds is 3. The SMILES string of the molecule is Cc1cc(CNC(=O)c2ccc(Cl)s2)c(C)o1. The van der Waals surface area contributed by atoms with Gasteiger partial charge in [0.05, 0.1) is 9.21 Å². The van der Waals surface area contributed by atoms with Gasteiger partial charge in [0.15, 0.2) is 0 Å². The van der Waals surface area contributed by atoms with Gasteiger partial charge in [-0.15, -0.1) is 11.3 Å². The minimum atomic E-state index is -0.111. The molecule has 90 valence electrons. The number of amides is 1. The zero-order valence-corrected chi connectivity index (χ0v) is 11.1. The first-order valence-electron chi connectivity index (χ1n) is 5.15. The van der Waals surface area contributed by atoms with Crippen LogP contribution in [0.15, 0.2) is 22.6 Å². The van der Waals surface area contributed by atoms with Gasteiger partial charge in [0.25, 0.3) is 5.91 Å². The fourth-order valence-electron chi connectivity index (χ4n) is 1.56. The number of furan rings is 1. The maximum atomic E-state index is 11.8. The van der Waals surface area contributed by atoms with Crippen molar-refractivity contribution in [1.29, 1.82) is 0 Å². The summed E-state index contributed by atoms with van der Waals surface area (Å²) < 4.78 is 6.00. The molecule has 0 atom stereocenters. The smallest absolute Gasteiger partial charge is 0.261 e. The Hall–Kier alpha value is -1.26. The Morgan fingerprint density at radius 1 is 1.47 bits per heavy atom. The first kappa shape index (κ1) is 12.2. The van der Waals surface area contributed by atoms with E-state index >= 15 is 0 Å². The van der Waals surface area contributed by atoms with E-state index in [4.69, 9.17) is 16.0 Å². The number of carbonyl (C=O) groups excluding carboxylic acids is 1. The van der Waals surface area contributed by atoms with Crippen LogP contribution in [0.25, 0.3) is 0 Å². The minimum absolute atomic E-state index is 0.111. The van der Waals surface area contributed by atoms with Crippen LogP contribution in [0.1, 0.15) is 26.8 Å². The molecule has 2 aromatic heterocycles. The Kier molecular flexibility index (Phi) is 3.54. The Labute approximate surface area is 108 Å². The average Bonchev–Trinajstić information content (AvgIpc) is 2.82. The zero-order valence-electron chi connectivity index (χ0n) is 9.54. The number of thiophene rings is 1. The van der Waals surface area contributed by atoms with Gasteiger partial charge in [0.1, 0.15) is 11.5 Å². The summed E-state index contributed by atoms with van der Waals surface area (Å²) in [4.78, 5) is 12.4. The molecule has 2 rings (SSSR count). The second-order valence-corrected chi connectivity index (χ2v) is 5.44. The van der Waals surface area contributed by atoms with E-state index in [-0.39, 0.29) is 5.91 Å². The topological polar surface area (TPSA) is 42.2 Å². The van der Waals surface area contributed by atoms with E-state index in [0.717, 1.165) is 17.1 Å². The second kappa shape index (κ2) is 4.94. The van der Waals surface area contributed by atoms with Gasteiger partial charge >= 0.3 is 0 Å². The molecule has 1 amide bonds. The van der Waals surface area contributed by atoms with E-state index in [1.54, 1.807) is 12.1 Å². The summed E-state index contributed by atoms with van der Waals surface area (Å²) in [6, 6.07) is 5.36. The van der Waals surface area contributed by atoms with Gasteiger partial charge in [-0.1, -0.05) is 11.6 Å². The molecular formula is C12H12ClNO2S. The lowest BCUT2D eigenvalue weighted by Gasteiger charge is -2.01. The predicted octanol–water partition coefficient (Wildman–Crippen LogP) is 3.54. The lowest BCUT2D eigenvalue weighted by Crippen LogP contribution is -2.21. The van der Waals surface area contributed by atoms with Crippen molar-refractivity contribution < 1.29 is 9.21 Å². The highest BCUT2D eigenvalue weighted by Crippen LogP contribution is 2.21. The molecule has 5 heteroatoms. The molecule has 2 aromatic rings. The molecule has 2 heterocycles. The third-order valence-corrected chi connectivity index (χ3v) is 3.61. The van der Waals surface area contributed by atoms with Gasteiger partial charge in [0.2, 0.25) is 0 Å². The Morgan fingerprint density at radius 2 is 2.24 bits per heavy atom. The zero-order chi connectivity index (χ0) is 12.4. The van der Waals surface area contributed by atoms with Gasteiger partial charge in [-0.25, -0.2) is 0 Å². The van der Waals surface area contributed by atoms with Crippen molar-refractivity contribution in [3.63, 3.8) is 0 Å². The van der Waals surface area contributed by atoms with Crippen molar-refractivity contribution in [3.05, 3.63) is 44.5 Å². The monoisotopic (exact) mass is 269 g/mol. The van der Waals surface area contributed by atoms with Crippen LogP contribution in [0.5, 0.6) is 0 Å². The minimum Gasteiger partial charge on any atom is -0.466 e. The fraction of sp³-hybridized carbons (Fsp3) is 0.250. The summed E-state index contributed by atoms with van der Waals surface area (Å²) in [6.07, 6.45) is 0. The molecule has 3 nitrogen and oxygen atoms in total. The highest BCUT2D eigenvalue weighted by Gasteiger charge is 2.10. The molecule has 0 saturated carbocycles. The fourth-order valence-corrected chi connectivity index (χ4v) is 2.52. The van der Waals surface area contributed by atoms with Crippen LogP contribution in [0.2, 0.25) is 4.34 Å². The van der Waals surface area contributed by atoms with Crippen molar-refractivity contribution in [2.75, 3.05) is 0 Å². The Morgan fingerprint density at radius 3 is 2.76 bits per heavy atom. The Balaban J connectivity index is 1.99. The van der Waals surface area contributed by atoms with Crippen molar-refractivity contribution in [3.8, 4) is 0 Å². The summed E-state index contributed by atoms with van der Waals surface area (Å²) in [5.74, 6) is 1.58. The molecule has 0 aliphatic carbocycles. The van der Waals surface area contributed by atoms with Crippen LogP contribution in [0.3, 0.4) is 0 Å². The second-order valence-electron chi connectivity index (χ2n) is 3.72. The third kappa shape index (κ3) is 2.90. The molecule has 17 heavy (non-hydrogen) atoms. The first-order chi connectivity index (χ1) is 8.06. The summed E-state index contributed by atoms with van der Waals surface area (Å²) in [5, 5.41) is 2.84. The third-order valence-electron chi connectivity index (χ3n) is 2.38. The maximum Gasteiger partial charge on any atom is 0.261 e. The van der Waals surface area contributed by atoms with Crippen molar-refractivity contribution in [1.82, 2.24) is 5.32 Å². The number of hydrogen-bond acceptors (Lipinski definition) is 3. The summed E-state index contributed by atoms with van der Waals surface area (Å²) >= 11 is 7.04. The van der Waals surface area contributed by atoms with Gasteiger partial charge in [-0.3, -0.25) is 4.79 Å². The first-order valence-corrected chi connectivity index (χ1v) is 6.35. The molecule has 0 fully saturated rings.